The van der Waals surface area contributed by atoms with Gasteiger partial charge in [0.25, 0.3) is 5.91 Å². The Bertz CT molecular complexity index is 635. The molecule has 1 fully saturated rings. The molecule has 0 bridgehead atoms. The first-order valence-electron chi connectivity index (χ1n) is 6.74. The Balaban J connectivity index is 1.91. The van der Waals surface area contributed by atoms with Crippen LogP contribution in [0.25, 0.3) is 10.9 Å². The van der Waals surface area contributed by atoms with E-state index in [-0.39, 0.29) is 11.9 Å². The van der Waals surface area contributed by atoms with Gasteiger partial charge in [-0.15, -0.1) is 0 Å². The van der Waals surface area contributed by atoms with Crippen LogP contribution in [0.5, 0.6) is 5.75 Å². The number of nitrogens with one attached hydrogen (secondary N) is 1. The fraction of sp³-hybridized carbons (Fsp3) is 0.400. The number of amides is 1. The first-order valence-corrected chi connectivity index (χ1v) is 6.74. The zero-order chi connectivity index (χ0) is 14.1. The number of hydrogen-bond donors (Lipinski definition) is 1. The van der Waals surface area contributed by atoms with Gasteiger partial charge in [-0.05, 0) is 25.1 Å². The summed E-state index contributed by atoms with van der Waals surface area (Å²) >= 11 is 0. The monoisotopic (exact) mass is 274 g/mol. The van der Waals surface area contributed by atoms with Crippen LogP contribution in [0.15, 0.2) is 24.3 Å². The molecule has 1 amide bonds. The Kier molecular flexibility index (Phi) is 3.36. The summed E-state index contributed by atoms with van der Waals surface area (Å²) in [7, 11) is 1.63. The largest absolute Gasteiger partial charge is 0.497 e. The third kappa shape index (κ3) is 2.25. The van der Waals surface area contributed by atoms with Gasteiger partial charge in [0.2, 0.25) is 0 Å². The van der Waals surface area contributed by atoms with Gasteiger partial charge in [-0.2, -0.15) is 0 Å². The van der Waals surface area contributed by atoms with Gasteiger partial charge in [0.05, 0.1) is 26.4 Å². The third-order valence-electron chi connectivity index (χ3n) is 3.69. The number of methoxy groups -OCH3 is 1. The molecule has 1 N–H and O–H groups in total. The normalized spacial score (nSPS) is 19.3. The van der Waals surface area contributed by atoms with Crippen LogP contribution in [0.2, 0.25) is 0 Å². The predicted molar refractivity (Wildman–Crippen MR) is 76.2 cm³/mol. The topological polar surface area (TPSA) is 54.6 Å². The first-order chi connectivity index (χ1) is 9.69. The lowest BCUT2D eigenvalue weighted by Crippen LogP contribution is -2.47. The van der Waals surface area contributed by atoms with E-state index in [1.54, 1.807) is 7.11 Å². The van der Waals surface area contributed by atoms with E-state index in [2.05, 4.69) is 4.98 Å². The fourth-order valence-electron chi connectivity index (χ4n) is 2.53. The second-order valence-corrected chi connectivity index (χ2v) is 5.06. The lowest BCUT2D eigenvalue weighted by molar-refractivity contribution is 0.00332. The molecular weight excluding hydrogens is 256 g/mol. The Hall–Kier alpha value is -2.01. The SMILES string of the molecule is COc1ccc2cc(C(=O)N3CCOCC3C)[nH]c2c1. The Morgan fingerprint density at radius 1 is 1.45 bits per heavy atom. The molecule has 1 unspecified atom stereocenters. The van der Waals surface area contributed by atoms with E-state index >= 15 is 0 Å². The first kappa shape index (κ1) is 13.0. The van der Waals surface area contributed by atoms with Gasteiger partial charge in [0.1, 0.15) is 11.4 Å². The van der Waals surface area contributed by atoms with Crippen LogP contribution in [0.1, 0.15) is 17.4 Å². The predicted octanol–water partition coefficient (Wildman–Crippen LogP) is 2.04. The van der Waals surface area contributed by atoms with Crippen molar-refractivity contribution < 1.29 is 14.3 Å². The molecule has 1 aliphatic heterocycles. The number of morpholine rings is 1. The van der Waals surface area contributed by atoms with Crippen molar-refractivity contribution in [3.63, 3.8) is 0 Å². The maximum atomic E-state index is 12.5. The molecule has 5 nitrogen and oxygen atoms in total. The molecule has 2 heterocycles. The molecule has 2 aromatic rings. The summed E-state index contributed by atoms with van der Waals surface area (Å²) < 4.78 is 10.6. The maximum absolute atomic E-state index is 12.5. The third-order valence-corrected chi connectivity index (χ3v) is 3.69. The lowest BCUT2D eigenvalue weighted by atomic mass is 10.2. The van der Waals surface area contributed by atoms with Crippen LogP contribution in [0.4, 0.5) is 0 Å². The average molecular weight is 274 g/mol. The van der Waals surface area contributed by atoms with Crippen molar-refractivity contribution in [1.82, 2.24) is 9.88 Å². The average Bonchev–Trinajstić information content (AvgIpc) is 2.89. The zero-order valence-corrected chi connectivity index (χ0v) is 11.7. The van der Waals surface area contributed by atoms with Gasteiger partial charge in [0, 0.05) is 23.5 Å². The quantitative estimate of drug-likeness (QED) is 0.911. The number of carbonyl (C=O) groups excluding carboxylic acids is 1. The van der Waals surface area contributed by atoms with Gasteiger partial charge in [-0.25, -0.2) is 0 Å². The number of benzene rings is 1. The number of H-pyrrole nitrogens is 1. The molecule has 0 saturated carbocycles. The van der Waals surface area contributed by atoms with Crippen LogP contribution >= 0.6 is 0 Å². The van der Waals surface area contributed by atoms with E-state index in [0.29, 0.717) is 25.5 Å². The minimum Gasteiger partial charge on any atom is -0.497 e. The second kappa shape index (κ2) is 5.17. The number of nitrogens with zero attached hydrogens (tertiary/aromatic N) is 1. The molecule has 106 valence electrons. The highest BCUT2D eigenvalue weighted by molar-refractivity contribution is 5.98. The van der Waals surface area contributed by atoms with Gasteiger partial charge >= 0.3 is 0 Å². The van der Waals surface area contributed by atoms with Gasteiger partial charge < -0.3 is 19.4 Å². The molecule has 0 spiro atoms. The summed E-state index contributed by atoms with van der Waals surface area (Å²) in [5, 5.41) is 1.01. The van der Waals surface area contributed by atoms with Crippen LogP contribution < -0.4 is 4.74 Å². The van der Waals surface area contributed by atoms with Crippen LogP contribution in [0.3, 0.4) is 0 Å². The van der Waals surface area contributed by atoms with Crippen molar-refractivity contribution in [3.8, 4) is 5.75 Å². The van der Waals surface area contributed by atoms with Crippen molar-refractivity contribution >= 4 is 16.8 Å². The van der Waals surface area contributed by atoms with E-state index in [4.69, 9.17) is 9.47 Å². The highest BCUT2D eigenvalue weighted by Crippen LogP contribution is 2.22. The van der Waals surface area contributed by atoms with E-state index in [1.165, 1.54) is 0 Å². The standard InChI is InChI=1S/C15H18N2O3/c1-10-9-20-6-5-17(10)15(18)14-7-11-3-4-12(19-2)8-13(11)16-14/h3-4,7-8,10,16H,5-6,9H2,1-2H3. The van der Waals surface area contributed by atoms with Crippen molar-refractivity contribution in [2.75, 3.05) is 26.9 Å². The minimum atomic E-state index is 0.0240. The Morgan fingerprint density at radius 3 is 3.05 bits per heavy atom. The molecule has 1 aromatic carbocycles. The Labute approximate surface area is 117 Å². The molecule has 1 aromatic heterocycles. The van der Waals surface area contributed by atoms with E-state index in [1.807, 2.05) is 36.1 Å². The number of aromatic amines is 1. The summed E-state index contributed by atoms with van der Waals surface area (Å²) in [5.74, 6) is 0.800. The zero-order valence-electron chi connectivity index (χ0n) is 11.7. The summed E-state index contributed by atoms with van der Waals surface area (Å²) in [4.78, 5) is 17.6. The molecule has 0 aliphatic carbocycles. The molecule has 3 rings (SSSR count). The molecule has 1 aliphatic rings. The van der Waals surface area contributed by atoms with Crippen molar-refractivity contribution in [2.45, 2.75) is 13.0 Å². The maximum Gasteiger partial charge on any atom is 0.270 e. The van der Waals surface area contributed by atoms with Crippen molar-refractivity contribution in [2.24, 2.45) is 0 Å². The number of hydrogen-bond acceptors (Lipinski definition) is 3. The molecule has 5 heteroatoms. The van der Waals surface area contributed by atoms with Crippen LogP contribution in [0, 0.1) is 0 Å². The molecule has 20 heavy (non-hydrogen) atoms. The lowest BCUT2D eigenvalue weighted by Gasteiger charge is -2.32. The highest BCUT2D eigenvalue weighted by atomic mass is 16.5. The summed E-state index contributed by atoms with van der Waals surface area (Å²) in [6.07, 6.45) is 0. The molecular formula is C15H18N2O3. The van der Waals surface area contributed by atoms with E-state index in [0.717, 1.165) is 16.7 Å². The Morgan fingerprint density at radius 2 is 2.30 bits per heavy atom. The number of carbonyl (C=O) groups is 1. The van der Waals surface area contributed by atoms with Crippen LogP contribution in [-0.2, 0) is 4.74 Å². The van der Waals surface area contributed by atoms with Crippen LogP contribution in [-0.4, -0.2) is 48.7 Å². The molecule has 1 atom stereocenters. The summed E-state index contributed by atoms with van der Waals surface area (Å²) in [6.45, 7) is 3.84. The molecule has 0 radical (unpaired) electrons. The smallest absolute Gasteiger partial charge is 0.270 e. The summed E-state index contributed by atoms with van der Waals surface area (Å²) in [6, 6.07) is 7.73. The fourth-order valence-corrected chi connectivity index (χ4v) is 2.53. The highest BCUT2D eigenvalue weighted by Gasteiger charge is 2.25. The number of aromatic nitrogens is 1. The number of fused-ring (bicyclic) bond motifs is 1. The van der Waals surface area contributed by atoms with Crippen molar-refractivity contribution in [1.29, 1.82) is 0 Å². The summed E-state index contributed by atoms with van der Waals surface area (Å²) in [5.41, 5.74) is 1.52. The van der Waals surface area contributed by atoms with E-state index in [9.17, 15) is 4.79 Å². The van der Waals surface area contributed by atoms with Crippen molar-refractivity contribution in [3.05, 3.63) is 30.0 Å². The second-order valence-electron chi connectivity index (χ2n) is 5.06. The van der Waals surface area contributed by atoms with Gasteiger partial charge in [-0.1, -0.05) is 0 Å². The van der Waals surface area contributed by atoms with Gasteiger partial charge in [0.15, 0.2) is 0 Å². The van der Waals surface area contributed by atoms with E-state index < -0.39 is 0 Å². The van der Waals surface area contributed by atoms with Gasteiger partial charge in [-0.3, -0.25) is 4.79 Å². The minimum absolute atomic E-state index is 0.0240. The number of ether oxygens (including phenoxy) is 2. The molecule has 1 saturated heterocycles. The number of rotatable bonds is 2.